The summed E-state index contributed by atoms with van der Waals surface area (Å²) in [5, 5.41) is 0. The normalized spacial score (nSPS) is 11.8. The highest BCUT2D eigenvalue weighted by Crippen LogP contribution is 2.26. The van der Waals surface area contributed by atoms with Gasteiger partial charge in [-0.1, -0.05) is 37.3 Å². The van der Waals surface area contributed by atoms with Crippen LogP contribution in [0.25, 0.3) is 0 Å². The summed E-state index contributed by atoms with van der Waals surface area (Å²) in [7, 11) is 0. The summed E-state index contributed by atoms with van der Waals surface area (Å²) in [6, 6.07) is 10.6. The van der Waals surface area contributed by atoms with E-state index in [1.165, 1.54) is 0 Å². The minimum atomic E-state index is -2.51. The van der Waals surface area contributed by atoms with E-state index in [2.05, 4.69) is 0 Å². The number of carbonyl (C=O) groups excluding carboxylic acids is 1. The van der Waals surface area contributed by atoms with Crippen LogP contribution in [0.2, 0.25) is 0 Å². The van der Waals surface area contributed by atoms with Crippen molar-refractivity contribution in [1.82, 2.24) is 0 Å². The van der Waals surface area contributed by atoms with Crippen LogP contribution in [0.5, 0.6) is 0 Å². The van der Waals surface area contributed by atoms with Gasteiger partial charge in [0.25, 0.3) is 11.3 Å². The van der Waals surface area contributed by atoms with E-state index < -0.39 is 34.4 Å². The van der Waals surface area contributed by atoms with Crippen molar-refractivity contribution in [2.24, 2.45) is 0 Å². The molecule has 0 saturated heterocycles. The summed E-state index contributed by atoms with van der Waals surface area (Å²) in [4.78, 5) is 12.1. The first-order chi connectivity index (χ1) is 12.0. The number of nitrogens with zero attached hydrogens (tertiary/aromatic N) is 1. The minimum absolute atomic E-state index is 0.0597. The number of anilines is 1. The molecule has 0 aliphatic carbocycles. The molecule has 5 nitrogen and oxygen atoms in total. The van der Waals surface area contributed by atoms with Crippen molar-refractivity contribution >= 4 is 22.9 Å². The van der Waals surface area contributed by atoms with Gasteiger partial charge in [-0.3, -0.25) is 8.86 Å². The monoisotopic (exact) mass is 369 g/mol. The summed E-state index contributed by atoms with van der Waals surface area (Å²) in [5.74, 6) is -3.51. The molecule has 134 valence electrons. The van der Waals surface area contributed by atoms with Crippen LogP contribution in [-0.4, -0.2) is 21.3 Å². The SMILES string of the molecule is CCCN(c1ccc(F)c(C(=O)OCc2ccccc2)c1F)S(=O)O. The highest BCUT2D eigenvalue weighted by Gasteiger charge is 2.26. The van der Waals surface area contributed by atoms with E-state index in [1.54, 1.807) is 37.3 Å². The molecule has 8 heteroatoms. The van der Waals surface area contributed by atoms with Gasteiger partial charge in [-0.2, -0.15) is 0 Å². The van der Waals surface area contributed by atoms with Gasteiger partial charge in [-0.15, -0.1) is 0 Å². The van der Waals surface area contributed by atoms with Gasteiger partial charge in [0.2, 0.25) is 0 Å². The van der Waals surface area contributed by atoms with Crippen LogP contribution in [0.1, 0.15) is 29.3 Å². The van der Waals surface area contributed by atoms with Crippen molar-refractivity contribution in [3.63, 3.8) is 0 Å². The molecule has 0 radical (unpaired) electrons. The molecule has 2 aromatic rings. The number of halogens is 2. The predicted octanol–water partition coefficient (Wildman–Crippen LogP) is 3.67. The largest absolute Gasteiger partial charge is 0.457 e. The smallest absolute Gasteiger partial charge is 0.344 e. The van der Waals surface area contributed by atoms with E-state index in [-0.39, 0.29) is 18.8 Å². The van der Waals surface area contributed by atoms with Crippen molar-refractivity contribution in [2.75, 3.05) is 10.8 Å². The zero-order valence-electron chi connectivity index (χ0n) is 13.4. The van der Waals surface area contributed by atoms with Crippen molar-refractivity contribution in [2.45, 2.75) is 20.0 Å². The maximum atomic E-state index is 14.6. The third kappa shape index (κ3) is 4.61. The molecule has 0 heterocycles. The first kappa shape index (κ1) is 19.0. The van der Waals surface area contributed by atoms with Crippen LogP contribution >= 0.6 is 0 Å². The quantitative estimate of drug-likeness (QED) is 0.597. The molecule has 1 unspecified atom stereocenters. The molecule has 0 aromatic heterocycles. The number of hydrogen-bond acceptors (Lipinski definition) is 3. The fraction of sp³-hybridized carbons (Fsp3) is 0.235. The molecule has 2 rings (SSSR count). The van der Waals surface area contributed by atoms with Gasteiger partial charge in [0.1, 0.15) is 18.0 Å². The lowest BCUT2D eigenvalue weighted by atomic mass is 10.1. The van der Waals surface area contributed by atoms with Crippen LogP contribution in [0.15, 0.2) is 42.5 Å². The van der Waals surface area contributed by atoms with Crippen molar-refractivity contribution < 1.29 is 27.1 Å². The van der Waals surface area contributed by atoms with Crippen molar-refractivity contribution in [3.8, 4) is 0 Å². The minimum Gasteiger partial charge on any atom is -0.457 e. The number of rotatable bonds is 7. The summed E-state index contributed by atoms with van der Waals surface area (Å²) in [6.45, 7) is 1.65. The van der Waals surface area contributed by atoms with Crippen molar-refractivity contribution in [3.05, 3.63) is 65.2 Å². The number of ether oxygens (including phenoxy) is 1. The molecule has 1 N–H and O–H groups in total. The molecule has 0 saturated carbocycles. The number of hydrogen-bond donors (Lipinski definition) is 1. The number of carbonyl (C=O) groups is 1. The molecule has 0 bridgehead atoms. The second-order valence-electron chi connectivity index (χ2n) is 5.15. The molecule has 0 aliphatic rings. The Labute approximate surface area is 146 Å². The first-order valence-electron chi connectivity index (χ1n) is 7.53. The van der Waals surface area contributed by atoms with Gasteiger partial charge < -0.3 is 4.74 Å². The van der Waals surface area contributed by atoms with E-state index >= 15 is 0 Å². The number of esters is 1. The highest BCUT2D eigenvalue weighted by molar-refractivity contribution is 7.80. The van der Waals surface area contributed by atoms with E-state index in [0.717, 1.165) is 16.4 Å². The average Bonchev–Trinajstić information content (AvgIpc) is 2.59. The van der Waals surface area contributed by atoms with Gasteiger partial charge in [0, 0.05) is 6.54 Å². The van der Waals surface area contributed by atoms with E-state index in [4.69, 9.17) is 4.74 Å². The van der Waals surface area contributed by atoms with Crippen LogP contribution in [-0.2, 0) is 22.6 Å². The average molecular weight is 369 g/mol. The molecule has 0 spiro atoms. The van der Waals surface area contributed by atoms with E-state index in [1.807, 2.05) is 0 Å². The second-order valence-corrected chi connectivity index (χ2v) is 6.05. The van der Waals surface area contributed by atoms with Crippen LogP contribution in [0.4, 0.5) is 14.5 Å². The molecular formula is C17H17F2NO4S. The predicted molar refractivity (Wildman–Crippen MR) is 90.3 cm³/mol. The maximum absolute atomic E-state index is 14.6. The zero-order valence-corrected chi connectivity index (χ0v) is 14.3. The Balaban J connectivity index is 2.29. The van der Waals surface area contributed by atoms with Crippen LogP contribution in [0.3, 0.4) is 0 Å². The molecule has 25 heavy (non-hydrogen) atoms. The summed E-state index contributed by atoms with van der Waals surface area (Å²) in [5.41, 5.74) is -0.562. The Morgan fingerprint density at radius 1 is 1.20 bits per heavy atom. The van der Waals surface area contributed by atoms with Crippen LogP contribution < -0.4 is 4.31 Å². The highest BCUT2D eigenvalue weighted by atomic mass is 32.2. The summed E-state index contributed by atoms with van der Waals surface area (Å²) < 4.78 is 55.0. The van der Waals surface area contributed by atoms with Gasteiger partial charge in [0.05, 0.1) is 5.69 Å². The molecular weight excluding hydrogens is 352 g/mol. The molecule has 0 amide bonds. The third-order valence-corrected chi connectivity index (χ3v) is 4.13. The zero-order chi connectivity index (χ0) is 18.4. The lowest BCUT2D eigenvalue weighted by molar-refractivity contribution is 0.0461. The number of benzene rings is 2. The Morgan fingerprint density at radius 2 is 1.88 bits per heavy atom. The van der Waals surface area contributed by atoms with Gasteiger partial charge >= 0.3 is 5.97 Å². The van der Waals surface area contributed by atoms with Gasteiger partial charge in [-0.25, -0.2) is 17.8 Å². The maximum Gasteiger partial charge on any atom is 0.344 e. The molecule has 2 aromatic carbocycles. The van der Waals surface area contributed by atoms with Crippen LogP contribution in [0, 0.1) is 11.6 Å². The Bertz CT molecular complexity index is 771. The Morgan fingerprint density at radius 3 is 2.48 bits per heavy atom. The fourth-order valence-corrected chi connectivity index (χ4v) is 2.85. The first-order valence-corrected chi connectivity index (χ1v) is 8.59. The summed E-state index contributed by atoms with van der Waals surface area (Å²) >= 11 is -2.51. The topological polar surface area (TPSA) is 66.8 Å². The molecule has 0 fully saturated rings. The van der Waals surface area contributed by atoms with Crippen molar-refractivity contribution in [1.29, 1.82) is 0 Å². The third-order valence-electron chi connectivity index (χ3n) is 3.37. The molecule has 1 atom stereocenters. The van der Waals surface area contributed by atoms with Gasteiger partial charge in [0.15, 0.2) is 5.82 Å². The standard InChI is InChI=1S/C17H17F2NO4S/c1-2-10-20(25(22)23)14-9-8-13(18)15(16(14)19)17(21)24-11-12-6-4-3-5-7-12/h3-9H,2,10-11H2,1H3,(H,22,23). The van der Waals surface area contributed by atoms with E-state index in [9.17, 15) is 22.3 Å². The fourth-order valence-electron chi connectivity index (χ4n) is 2.20. The summed E-state index contributed by atoms with van der Waals surface area (Å²) in [6.07, 6.45) is 0.455. The van der Waals surface area contributed by atoms with Gasteiger partial charge in [-0.05, 0) is 24.1 Å². The Kier molecular flexibility index (Phi) is 6.60. The van der Waals surface area contributed by atoms with E-state index in [0.29, 0.717) is 12.0 Å². The second kappa shape index (κ2) is 8.68. The Hall–Kier alpha value is -2.32. The molecule has 0 aliphatic heterocycles. The lowest BCUT2D eigenvalue weighted by Gasteiger charge is -2.20. The lowest BCUT2D eigenvalue weighted by Crippen LogP contribution is -2.28.